The van der Waals surface area contributed by atoms with Gasteiger partial charge in [0.25, 0.3) is 0 Å². The van der Waals surface area contributed by atoms with Crippen LogP contribution in [0.3, 0.4) is 0 Å². The molecule has 2 N–H and O–H groups in total. The summed E-state index contributed by atoms with van der Waals surface area (Å²) in [5, 5.41) is 11.9. The van der Waals surface area contributed by atoms with Crippen LogP contribution in [0.25, 0.3) is 0 Å². The molecule has 0 radical (unpaired) electrons. The number of carboxylic acid groups (broad SMARTS) is 1. The van der Waals surface area contributed by atoms with Crippen molar-refractivity contribution in [1.29, 1.82) is 0 Å². The molecule has 0 aromatic carbocycles. The highest BCUT2D eigenvalue weighted by molar-refractivity contribution is 5.77. The zero-order valence-electron chi connectivity index (χ0n) is 13.1. The summed E-state index contributed by atoms with van der Waals surface area (Å²) in [6.07, 6.45) is 4.46. The predicted octanol–water partition coefficient (Wildman–Crippen LogP) is 2.71. The highest BCUT2D eigenvalue weighted by Gasteiger charge is 2.31. The third-order valence-corrected chi connectivity index (χ3v) is 3.85. The van der Waals surface area contributed by atoms with E-state index in [1.807, 2.05) is 4.90 Å². The largest absolute Gasteiger partial charge is 0.481 e. The summed E-state index contributed by atoms with van der Waals surface area (Å²) in [6.45, 7) is 8.31. The van der Waals surface area contributed by atoms with Gasteiger partial charge < -0.3 is 15.3 Å². The Kier molecular flexibility index (Phi) is 5.84. The number of carboxylic acids is 1. The van der Waals surface area contributed by atoms with Gasteiger partial charge in [0.05, 0.1) is 5.41 Å². The van der Waals surface area contributed by atoms with Crippen LogP contribution in [0, 0.1) is 11.3 Å². The van der Waals surface area contributed by atoms with Gasteiger partial charge in [-0.05, 0) is 32.6 Å². The molecule has 0 aromatic heterocycles. The summed E-state index contributed by atoms with van der Waals surface area (Å²) in [5.74, 6) is -0.483. The zero-order chi connectivity index (χ0) is 15.3. The second-order valence-electron chi connectivity index (χ2n) is 6.83. The number of urea groups is 1. The summed E-state index contributed by atoms with van der Waals surface area (Å²) in [6, 6.07) is 0.185. The Bertz CT molecular complexity index is 347. The Labute approximate surface area is 121 Å². The first-order valence-electron chi connectivity index (χ1n) is 7.52. The average Bonchev–Trinajstić information content (AvgIpc) is 2.86. The summed E-state index contributed by atoms with van der Waals surface area (Å²) in [7, 11) is 0. The molecule has 1 aliphatic rings. The molecule has 0 aliphatic heterocycles. The van der Waals surface area contributed by atoms with E-state index in [1.54, 1.807) is 13.8 Å². The molecule has 5 heteroatoms. The molecule has 1 saturated carbocycles. The highest BCUT2D eigenvalue weighted by Crippen LogP contribution is 2.24. The first-order valence-corrected chi connectivity index (χ1v) is 7.52. The van der Waals surface area contributed by atoms with E-state index in [0.717, 1.165) is 19.4 Å². The molecule has 0 unspecified atom stereocenters. The van der Waals surface area contributed by atoms with Crippen molar-refractivity contribution < 1.29 is 14.7 Å². The van der Waals surface area contributed by atoms with E-state index in [0.29, 0.717) is 12.0 Å². The van der Waals surface area contributed by atoms with Gasteiger partial charge in [0.2, 0.25) is 0 Å². The third kappa shape index (κ3) is 4.69. The number of carbonyl (C=O) groups excluding carboxylic acids is 1. The lowest BCUT2D eigenvalue weighted by Crippen LogP contribution is -2.49. The number of amides is 2. The van der Waals surface area contributed by atoms with Crippen molar-refractivity contribution >= 4 is 12.0 Å². The number of nitrogens with one attached hydrogen (secondary N) is 1. The van der Waals surface area contributed by atoms with Crippen LogP contribution in [-0.4, -0.2) is 41.1 Å². The molecule has 116 valence electrons. The molecule has 0 spiro atoms. The average molecular weight is 284 g/mol. The molecule has 2 amide bonds. The topological polar surface area (TPSA) is 69.6 Å². The van der Waals surface area contributed by atoms with Crippen LogP contribution in [-0.2, 0) is 4.79 Å². The van der Waals surface area contributed by atoms with Crippen molar-refractivity contribution in [3.05, 3.63) is 0 Å². The molecular formula is C15H28N2O3. The quantitative estimate of drug-likeness (QED) is 0.788. The Morgan fingerprint density at radius 3 is 2.30 bits per heavy atom. The van der Waals surface area contributed by atoms with Crippen molar-refractivity contribution in [2.75, 3.05) is 13.1 Å². The minimum absolute atomic E-state index is 0.125. The fraction of sp³-hybridized carbons (Fsp3) is 0.867. The van der Waals surface area contributed by atoms with Crippen molar-refractivity contribution in [3.8, 4) is 0 Å². The highest BCUT2D eigenvalue weighted by atomic mass is 16.4. The van der Waals surface area contributed by atoms with Crippen molar-refractivity contribution in [2.45, 2.75) is 59.4 Å². The van der Waals surface area contributed by atoms with Crippen LogP contribution in [0.1, 0.15) is 53.4 Å². The van der Waals surface area contributed by atoms with Crippen LogP contribution >= 0.6 is 0 Å². The second kappa shape index (κ2) is 6.95. The number of aliphatic carboxylic acids is 1. The zero-order valence-corrected chi connectivity index (χ0v) is 13.1. The molecule has 0 heterocycles. The molecule has 1 aliphatic carbocycles. The molecule has 1 fully saturated rings. The van der Waals surface area contributed by atoms with Crippen molar-refractivity contribution in [3.63, 3.8) is 0 Å². The Morgan fingerprint density at radius 1 is 1.30 bits per heavy atom. The number of rotatable bonds is 6. The van der Waals surface area contributed by atoms with Gasteiger partial charge in [-0.15, -0.1) is 0 Å². The molecule has 0 atom stereocenters. The van der Waals surface area contributed by atoms with E-state index < -0.39 is 11.4 Å². The van der Waals surface area contributed by atoms with E-state index >= 15 is 0 Å². The van der Waals surface area contributed by atoms with E-state index in [9.17, 15) is 9.59 Å². The normalized spacial score (nSPS) is 16.4. The van der Waals surface area contributed by atoms with Gasteiger partial charge in [-0.2, -0.15) is 0 Å². The van der Waals surface area contributed by atoms with E-state index in [2.05, 4.69) is 19.2 Å². The molecular weight excluding hydrogens is 256 g/mol. The number of carbonyl (C=O) groups is 2. The SMILES string of the molecule is CC(C)CN(C(=O)NCC(C)(C)C(=O)O)C1CCCC1. The lowest BCUT2D eigenvalue weighted by Gasteiger charge is -2.32. The van der Waals surface area contributed by atoms with Gasteiger partial charge in [-0.3, -0.25) is 4.79 Å². The fourth-order valence-electron chi connectivity index (χ4n) is 2.48. The maximum Gasteiger partial charge on any atom is 0.317 e. The standard InChI is InChI=1S/C15H28N2O3/c1-11(2)9-17(12-7-5-6-8-12)14(20)16-10-15(3,4)13(18)19/h11-12H,5-10H2,1-4H3,(H,16,20)(H,18,19). The molecule has 20 heavy (non-hydrogen) atoms. The summed E-state index contributed by atoms with van der Waals surface area (Å²) in [4.78, 5) is 25.3. The van der Waals surface area contributed by atoms with E-state index in [1.165, 1.54) is 12.8 Å². The van der Waals surface area contributed by atoms with Gasteiger partial charge in [-0.1, -0.05) is 26.7 Å². The van der Waals surface area contributed by atoms with E-state index in [-0.39, 0.29) is 12.6 Å². The Morgan fingerprint density at radius 2 is 1.85 bits per heavy atom. The molecule has 0 bridgehead atoms. The van der Waals surface area contributed by atoms with Gasteiger partial charge in [0.1, 0.15) is 0 Å². The third-order valence-electron chi connectivity index (χ3n) is 3.85. The minimum Gasteiger partial charge on any atom is -0.481 e. The number of hydrogen-bond acceptors (Lipinski definition) is 2. The van der Waals surface area contributed by atoms with Crippen LogP contribution < -0.4 is 5.32 Å². The van der Waals surface area contributed by atoms with Crippen LogP contribution in [0.15, 0.2) is 0 Å². The van der Waals surface area contributed by atoms with Crippen LogP contribution in [0.2, 0.25) is 0 Å². The second-order valence-corrected chi connectivity index (χ2v) is 6.83. The first-order chi connectivity index (χ1) is 9.24. The smallest absolute Gasteiger partial charge is 0.317 e. The molecule has 5 nitrogen and oxygen atoms in total. The molecule has 1 rings (SSSR count). The van der Waals surface area contributed by atoms with Crippen molar-refractivity contribution in [2.24, 2.45) is 11.3 Å². The number of hydrogen-bond donors (Lipinski definition) is 2. The lowest BCUT2D eigenvalue weighted by atomic mass is 9.94. The predicted molar refractivity (Wildman–Crippen MR) is 78.6 cm³/mol. The maximum atomic E-state index is 12.4. The fourth-order valence-corrected chi connectivity index (χ4v) is 2.48. The van der Waals surface area contributed by atoms with Gasteiger partial charge in [0.15, 0.2) is 0 Å². The van der Waals surface area contributed by atoms with E-state index in [4.69, 9.17) is 5.11 Å². The Hall–Kier alpha value is -1.26. The Balaban J connectivity index is 2.61. The molecule has 0 aromatic rings. The minimum atomic E-state index is -0.936. The van der Waals surface area contributed by atoms with Crippen LogP contribution in [0.5, 0.6) is 0 Å². The number of nitrogens with zero attached hydrogens (tertiary/aromatic N) is 1. The summed E-state index contributed by atoms with van der Waals surface area (Å²) in [5.41, 5.74) is -0.936. The van der Waals surface area contributed by atoms with Gasteiger partial charge in [0, 0.05) is 19.1 Å². The monoisotopic (exact) mass is 284 g/mol. The molecule has 0 saturated heterocycles. The first kappa shape index (κ1) is 16.8. The van der Waals surface area contributed by atoms with Crippen LogP contribution in [0.4, 0.5) is 4.79 Å². The van der Waals surface area contributed by atoms with Gasteiger partial charge in [-0.25, -0.2) is 4.79 Å². The maximum absolute atomic E-state index is 12.4. The van der Waals surface area contributed by atoms with Crippen molar-refractivity contribution in [1.82, 2.24) is 10.2 Å². The lowest BCUT2D eigenvalue weighted by molar-refractivity contribution is -0.146. The van der Waals surface area contributed by atoms with Gasteiger partial charge >= 0.3 is 12.0 Å². The summed E-state index contributed by atoms with van der Waals surface area (Å²) >= 11 is 0. The summed E-state index contributed by atoms with van der Waals surface area (Å²) < 4.78 is 0.